The quantitative estimate of drug-likeness (QED) is 0.805. The van der Waals surface area contributed by atoms with Gasteiger partial charge in [-0.15, -0.1) is 0 Å². The molecule has 0 bridgehead atoms. The van der Waals surface area contributed by atoms with E-state index in [0.29, 0.717) is 0 Å². The Kier molecular flexibility index (Phi) is 4.37. The van der Waals surface area contributed by atoms with E-state index in [2.05, 4.69) is 0 Å². The number of nitrogens with zero attached hydrogens (tertiary/aromatic N) is 1. The van der Waals surface area contributed by atoms with Crippen LogP contribution in [0.3, 0.4) is 0 Å². The van der Waals surface area contributed by atoms with Crippen LogP contribution >= 0.6 is 0 Å². The largest absolute Gasteiger partial charge is 0.494 e. The van der Waals surface area contributed by atoms with Crippen LogP contribution in [0.1, 0.15) is 46.2 Å². The first kappa shape index (κ1) is 17.9. The summed E-state index contributed by atoms with van der Waals surface area (Å²) in [5.74, 6) is -0.753. The minimum Gasteiger partial charge on any atom is -0.399 e. The van der Waals surface area contributed by atoms with E-state index < -0.39 is 29.7 Å². The first-order chi connectivity index (χ1) is 11.6. The highest BCUT2D eigenvalue weighted by molar-refractivity contribution is 6.62. The lowest BCUT2D eigenvalue weighted by Crippen LogP contribution is -2.41. The molecule has 1 aliphatic rings. The van der Waals surface area contributed by atoms with Crippen LogP contribution in [0.4, 0.5) is 4.39 Å². The average molecular weight is 343 g/mol. The van der Waals surface area contributed by atoms with Gasteiger partial charge in [-0.1, -0.05) is 24.3 Å². The lowest BCUT2D eigenvalue weighted by molar-refractivity contribution is 0.00578. The van der Waals surface area contributed by atoms with Crippen molar-refractivity contribution in [3.05, 3.63) is 64.3 Å². The van der Waals surface area contributed by atoms with E-state index >= 15 is 0 Å². The van der Waals surface area contributed by atoms with E-state index in [0.717, 1.165) is 11.0 Å². The molecule has 1 fully saturated rings. The van der Waals surface area contributed by atoms with Gasteiger partial charge in [-0.2, -0.15) is 0 Å². The third-order valence-electron chi connectivity index (χ3n) is 5.26. The molecule has 2 heterocycles. The predicted octanol–water partition coefficient (Wildman–Crippen LogP) is 2.90. The Morgan fingerprint density at radius 3 is 2.36 bits per heavy atom. The van der Waals surface area contributed by atoms with Gasteiger partial charge in [-0.3, -0.25) is 4.79 Å². The fourth-order valence-electron chi connectivity index (χ4n) is 2.89. The average Bonchev–Trinajstić information content (AvgIpc) is 2.78. The Morgan fingerprint density at radius 1 is 1.08 bits per heavy atom. The van der Waals surface area contributed by atoms with Gasteiger partial charge < -0.3 is 13.9 Å². The monoisotopic (exact) mass is 343 g/mol. The summed E-state index contributed by atoms with van der Waals surface area (Å²) >= 11 is 0. The Hall–Kier alpha value is -1.92. The van der Waals surface area contributed by atoms with Crippen molar-refractivity contribution in [3.8, 4) is 0 Å². The van der Waals surface area contributed by atoms with Crippen LogP contribution in [-0.2, 0) is 9.31 Å². The number of aromatic nitrogens is 1. The minimum atomic E-state index is -0.753. The summed E-state index contributed by atoms with van der Waals surface area (Å²) in [7, 11) is -0.471. The smallest absolute Gasteiger partial charge is 0.399 e. The topological polar surface area (TPSA) is 40.5 Å². The van der Waals surface area contributed by atoms with Crippen LogP contribution in [0, 0.1) is 5.82 Å². The molecule has 132 valence electrons. The lowest BCUT2D eigenvalue weighted by Gasteiger charge is -2.32. The van der Waals surface area contributed by atoms with Crippen molar-refractivity contribution in [1.82, 2.24) is 4.57 Å². The van der Waals surface area contributed by atoms with Crippen molar-refractivity contribution in [3.63, 3.8) is 0 Å². The molecule has 0 unspecified atom stereocenters. The lowest BCUT2D eigenvalue weighted by atomic mass is 9.78. The number of benzene rings is 1. The standard InChI is InChI=1S/C19H23BFNO3/c1-13(22-11-7-10-16(21)17(22)23)14-8-6-9-15(12-14)20-24-18(2,3)19(4,5)25-20/h6-13H,1-5H3/t13-/m1/s1. The normalized spacial score (nSPS) is 19.8. The molecule has 3 rings (SSSR count). The fraction of sp³-hybridized carbons (Fsp3) is 0.421. The summed E-state index contributed by atoms with van der Waals surface area (Å²) < 4.78 is 27.1. The van der Waals surface area contributed by atoms with E-state index in [9.17, 15) is 9.18 Å². The summed E-state index contributed by atoms with van der Waals surface area (Å²) in [5.41, 5.74) is 0.306. The van der Waals surface area contributed by atoms with Gasteiger partial charge in [0.2, 0.25) is 0 Å². The second-order valence-electron chi connectivity index (χ2n) is 7.50. The summed E-state index contributed by atoms with van der Waals surface area (Å²) in [6.07, 6.45) is 1.59. The van der Waals surface area contributed by atoms with Gasteiger partial charge in [0.05, 0.1) is 17.2 Å². The second kappa shape index (κ2) is 6.11. The third kappa shape index (κ3) is 3.16. The molecule has 0 spiro atoms. The van der Waals surface area contributed by atoms with Gasteiger partial charge in [-0.05, 0) is 57.8 Å². The van der Waals surface area contributed by atoms with Crippen LogP contribution in [0.5, 0.6) is 0 Å². The molecular weight excluding hydrogens is 320 g/mol. The van der Waals surface area contributed by atoms with Gasteiger partial charge in [0.1, 0.15) is 0 Å². The summed E-state index contributed by atoms with van der Waals surface area (Å²) in [6.45, 7) is 9.89. The molecule has 0 N–H and O–H groups in total. The zero-order valence-electron chi connectivity index (χ0n) is 15.2. The van der Waals surface area contributed by atoms with E-state index in [-0.39, 0.29) is 6.04 Å². The van der Waals surface area contributed by atoms with E-state index in [1.54, 1.807) is 6.20 Å². The molecule has 1 aromatic heterocycles. The predicted molar refractivity (Wildman–Crippen MR) is 96.6 cm³/mol. The zero-order valence-corrected chi connectivity index (χ0v) is 15.2. The number of hydrogen-bond donors (Lipinski definition) is 0. The molecule has 0 amide bonds. The Balaban J connectivity index is 1.93. The van der Waals surface area contributed by atoms with Crippen molar-refractivity contribution in [1.29, 1.82) is 0 Å². The second-order valence-corrected chi connectivity index (χ2v) is 7.50. The van der Waals surface area contributed by atoms with Crippen molar-refractivity contribution < 1.29 is 13.7 Å². The highest BCUT2D eigenvalue weighted by atomic mass is 19.1. The third-order valence-corrected chi connectivity index (χ3v) is 5.26. The maximum atomic E-state index is 13.6. The molecule has 6 heteroatoms. The van der Waals surface area contributed by atoms with E-state index in [1.807, 2.05) is 58.9 Å². The molecule has 1 aromatic carbocycles. The van der Waals surface area contributed by atoms with E-state index in [1.165, 1.54) is 16.7 Å². The minimum absolute atomic E-state index is 0.300. The first-order valence-corrected chi connectivity index (χ1v) is 8.44. The number of pyridine rings is 1. The van der Waals surface area contributed by atoms with Gasteiger partial charge in [0.25, 0.3) is 5.56 Å². The zero-order chi connectivity index (χ0) is 18.4. The summed E-state index contributed by atoms with van der Waals surface area (Å²) in [5, 5.41) is 0. The van der Waals surface area contributed by atoms with Gasteiger partial charge in [-0.25, -0.2) is 4.39 Å². The van der Waals surface area contributed by atoms with Gasteiger partial charge in [0.15, 0.2) is 5.82 Å². The maximum absolute atomic E-state index is 13.6. The van der Waals surface area contributed by atoms with Gasteiger partial charge in [0, 0.05) is 6.20 Å². The Labute approximate surface area is 147 Å². The molecular formula is C19H23BFNO3. The van der Waals surface area contributed by atoms with Gasteiger partial charge >= 0.3 is 7.12 Å². The Morgan fingerprint density at radius 2 is 1.72 bits per heavy atom. The molecule has 1 atom stereocenters. The molecule has 25 heavy (non-hydrogen) atoms. The fourth-order valence-corrected chi connectivity index (χ4v) is 2.89. The van der Waals surface area contributed by atoms with Crippen molar-refractivity contribution in [2.75, 3.05) is 0 Å². The molecule has 0 aliphatic carbocycles. The number of hydrogen-bond acceptors (Lipinski definition) is 3. The van der Waals surface area contributed by atoms with Crippen LogP contribution in [0.25, 0.3) is 0 Å². The van der Waals surface area contributed by atoms with Crippen molar-refractivity contribution in [2.45, 2.75) is 51.9 Å². The molecule has 1 saturated heterocycles. The maximum Gasteiger partial charge on any atom is 0.494 e. The molecule has 0 saturated carbocycles. The van der Waals surface area contributed by atoms with Crippen LogP contribution in [0.2, 0.25) is 0 Å². The Bertz CT molecular complexity index is 831. The van der Waals surface area contributed by atoms with E-state index in [4.69, 9.17) is 9.31 Å². The molecule has 2 aromatic rings. The summed E-state index contributed by atoms with van der Waals surface area (Å²) in [4.78, 5) is 12.0. The number of halogens is 1. The summed E-state index contributed by atoms with van der Waals surface area (Å²) in [6, 6.07) is 10.1. The van der Waals surface area contributed by atoms with Crippen LogP contribution < -0.4 is 11.0 Å². The SMILES string of the molecule is C[C@H](c1cccc(B2OC(C)(C)C(C)(C)O2)c1)n1cccc(F)c1=O. The highest BCUT2D eigenvalue weighted by Crippen LogP contribution is 2.36. The first-order valence-electron chi connectivity index (χ1n) is 8.44. The molecule has 0 radical (unpaired) electrons. The van der Waals surface area contributed by atoms with Crippen LogP contribution in [-0.4, -0.2) is 22.9 Å². The van der Waals surface area contributed by atoms with Crippen molar-refractivity contribution in [2.24, 2.45) is 0 Å². The van der Waals surface area contributed by atoms with Crippen molar-refractivity contribution >= 4 is 12.6 Å². The molecule has 1 aliphatic heterocycles. The highest BCUT2D eigenvalue weighted by Gasteiger charge is 2.51. The van der Waals surface area contributed by atoms with Crippen LogP contribution in [0.15, 0.2) is 47.4 Å². The number of rotatable bonds is 3. The molecule has 4 nitrogen and oxygen atoms in total.